The molecule has 0 bridgehead atoms. The monoisotopic (exact) mass is 480 g/mol. The Kier molecular flexibility index (Phi) is 11.7. The Balaban J connectivity index is 0.000000257. The minimum Gasteiger partial charge on any atom is -0.388 e. The fraction of sp³-hybridized carbons (Fsp3) is 0.333. The van der Waals surface area contributed by atoms with Gasteiger partial charge < -0.3 is 14.8 Å². The highest BCUT2D eigenvalue weighted by atomic mass is 19.1. The van der Waals surface area contributed by atoms with Crippen molar-refractivity contribution in [3.63, 3.8) is 0 Å². The van der Waals surface area contributed by atoms with Gasteiger partial charge in [-0.1, -0.05) is 42.5 Å². The first-order chi connectivity index (χ1) is 17.1. The van der Waals surface area contributed by atoms with Gasteiger partial charge in [0.25, 0.3) is 0 Å². The van der Waals surface area contributed by atoms with Gasteiger partial charge in [-0.3, -0.25) is 16.5 Å². The molecule has 5 rings (SSSR count). The number of hydrazine groups is 1. The minimum absolute atomic E-state index is 0.00695. The Labute approximate surface area is 207 Å². The van der Waals surface area contributed by atoms with E-state index in [2.05, 4.69) is 26.6 Å². The Morgan fingerprint density at radius 2 is 1.69 bits per heavy atom. The van der Waals surface area contributed by atoms with Gasteiger partial charge in [0.1, 0.15) is 5.82 Å². The number of hydrogen-bond donors (Lipinski definition) is 3. The molecule has 2 aliphatic heterocycles. The van der Waals surface area contributed by atoms with E-state index in [9.17, 15) is 9.18 Å². The molecule has 3 heterocycles. The van der Waals surface area contributed by atoms with Crippen molar-refractivity contribution in [2.45, 2.75) is 32.7 Å². The minimum atomic E-state index is -0.140. The fourth-order valence-electron chi connectivity index (χ4n) is 4.34. The smallest absolute Gasteiger partial charge is 0.209 e. The maximum atomic E-state index is 14.4. The molecule has 1 aromatic heterocycles. The van der Waals surface area contributed by atoms with Crippen molar-refractivity contribution in [3.05, 3.63) is 84.6 Å². The molecule has 0 aliphatic carbocycles. The normalized spacial score (nSPS) is 15.9. The Hall–Kier alpha value is -3.49. The van der Waals surface area contributed by atoms with Gasteiger partial charge in [0.05, 0.1) is 24.3 Å². The van der Waals surface area contributed by atoms with Gasteiger partial charge in [-0.05, 0) is 50.8 Å². The second-order valence-corrected chi connectivity index (χ2v) is 8.09. The molecule has 5 N–H and O–H groups in total. The topological polar surface area (TPSA) is 102 Å². The number of nitrogens with one attached hydrogen (secondary N) is 1. The van der Waals surface area contributed by atoms with E-state index in [0.717, 1.165) is 54.8 Å². The van der Waals surface area contributed by atoms with Crippen LogP contribution >= 0.6 is 0 Å². The van der Waals surface area contributed by atoms with E-state index in [-0.39, 0.29) is 11.9 Å². The van der Waals surface area contributed by atoms with Gasteiger partial charge in [-0.25, -0.2) is 9.37 Å². The van der Waals surface area contributed by atoms with Crippen LogP contribution in [0, 0.1) is 11.7 Å². The molecule has 1 unspecified atom stereocenters. The zero-order valence-electron chi connectivity index (χ0n) is 20.8. The van der Waals surface area contributed by atoms with E-state index in [1.165, 1.54) is 6.07 Å². The van der Waals surface area contributed by atoms with Gasteiger partial charge in [-0.2, -0.15) is 0 Å². The number of nitrogens with two attached hydrogens (primary N) is 2. The van der Waals surface area contributed by atoms with Crippen LogP contribution in [0.4, 0.5) is 10.1 Å². The lowest BCUT2D eigenvalue weighted by molar-refractivity contribution is -0.119. The second kappa shape index (κ2) is 14.7. The number of aromatic nitrogens is 2. The molecule has 35 heavy (non-hydrogen) atoms. The first-order valence-corrected chi connectivity index (χ1v) is 11.8. The molecular weight excluding hydrogens is 443 g/mol. The number of para-hydroxylation sites is 1. The lowest BCUT2D eigenvalue weighted by Gasteiger charge is -2.33. The number of likely N-dealkylation sites (tertiary alicyclic amines) is 1. The van der Waals surface area contributed by atoms with Crippen LogP contribution in [0.3, 0.4) is 0 Å². The summed E-state index contributed by atoms with van der Waals surface area (Å²) in [5, 5.41) is 3.03. The number of nitrogens with zero attached hydrogens (tertiary/aromatic N) is 3. The first kappa shape index (κ1) is 27.8. The van der Waals surface area contributed by atoms with Crippen LogP contribution < -0.4 is 17.0 Å². The molecule has 0 radical (unpaired) electrons. The highest BCUT2D eigenvalue weighted by Crippen LogP contribution is 2.46. The van der Waals surface area contributed by atoms with Crippen LogP contribution in [-0.2, 0) is 4.79 Å². The van der Waals surface area contributed by atoms with Crippen molar-refractivity contribution < 1.29 is 9.18 Å². The van der Waals surface area contributed by atoms with Crippen LogP contribution in [0.15, 0.2) is 73.2 Å². The zero-order chi connectivity index (χ0) is 25.6. The average Bonchev–Trinajstić information content (AvgIpc) is 3.53. The first-order valence-electron chi connectivity index (χ1n) is 11.8. The van der Waals surface area contributed by atoms with Crippen LogP contribution in [0.25, 0.3) is 11.3 Å². The fourth-order valence-corrected chi connectivity index (χ4v) is 4.34. The molecule has 2 aliphatic rings. The summed E-state index contributed by atoms with van der Waals surface area (Å²) < 4.78 is 16.5. The lowest BCUT2D eigenvalue weighted by Crippen LogP contribution is -2.35. The predicted molar refractivity (Wildman–Crippen MR) is 141 cm³/mol. The standard InChI is InChI=1S/C16H16FN3O.C7H9N.C4H8.H4N2/c17-13-3-1-2-12-14-8-18-9-20(14)16(15(12)13)11-4-6-19(10-21)7-5-11;1-8-7-5-3-2-4-6-7;1-3-4-2;1-2/h1-3,8-11,16H,4-7H2;2-6,8H,1H3;3-4H,1-2H3;1-2H2. The number of anilines is 1. The molecule has 1 amide bonds. The lowest BCUT2D eigenvalue weighted by atomic mass is 9.85. The van der Waals surface area contributed by atoms with Crippen LogP contribution in [-0.4, -0.2) is 41.0 Å². The predicted octanol–water partition coefficient (Wildman–Crippen LogP) is 4.59. The molecule has 1 saturated heterocycles. The molecule has 1 fully saturated rings. The SMILES string of the molecule is CC=CC.CNc1ccccc1.NN.O=CN1CCC(C2c3c(F)cccc3-c3cncn32)CC1. The summed E-state index contributed by atoms with van der Waals surface area (Å²) in [6.07, 6.45) is 10.3. The number of allylic oxidation sites excluding steroid dienone is 2. The van der Waals surface area contributed by atoms with Crippen molar-refractivity contribution >= 4 is 12.1 Å². The van der Waals surface area contributed by atoms with E-state index < -0.39 is 0 Å². The highest BCUT2D eigenvalue weighted by Gasteiger charge is 2.37. The van der Waals surface area contributed by atoms with Crippen molar-refractivity contribution in [1.29, 1.82) is 0 Å². The summed E-state index contributed by atoms with van der Waals surface area (Å²) >= 11 is 0. The molecule has 1 atom stereocenters. The Morgan fingerprint density at radius 1 is 1.03 bits per heavy atom. The molecule has 7 nitrogen and oxygen atoms in total. The average molecular weight is 481 g/mol. The van der Waals surface area contributed by atoms with Crippen molar-refractivity contribution in [2.24, 2.45) is 17.6 Å². The second-order valence-electron chi connectivity index (χ2n) is 8.09. The van der Waals surface area contributed by atoms with Crippen molar-refractivity contribution in [3.8, 4) is 11.3 Å². The van der Waals surface area contributed by atoms with Gasteiger partial charge in [-0.15, -0.1) is 0 Å². The molecule has 188 valence electrons. The highest BCUT2D eigenvalue weighted by molar-refractivity contribution is 5.69. The number of carbonyl (C=O) groups is 1. The van der Waals surface area contributed by atoms with E-state index in [1.807, 2.05) is 69.4 Å². The van der Waals surface area contributed by atoms with E-state index >= 15 is 0 Å². The number of fused-ring (bicyclic) bond motifs is 3. The third-order valence-electron chi connectivity index (χ3n) is 6.16. The third kappa shape index (κ3) is 7.00. The Morgan fingerprint density at radius 3 is 2.23 bits per heavy atom. The number of benzene rings is 2. The van der Waals surface area contributed by atoms with E-state index in [4.69, 9.17) is 0 Å². The number of amides is 1. The molecule has 8 heteroatoms. The zero-order valence-corrected chi connectivity index (χ0v) is 20.8. The summed E-state index contributed by atoms with van der Waals surface area (Å²) in [7, 11) is 1.91. The molecule has 0 saturated carbocycles. The van der Waals surface area contributed by atoms with Gasteiger partial charge in [0, 0.05) is 37.0 Å². The maximum Gasteiger partial charge on any atom is 0.209 e. The Bertz CT molecular complexity index is 1040. The van der Waals surface area contributed by atoms with Crippen LogP contribution in [0.5, 0.6) is 0 Å². The summed E-state index contributed by atoms with van der Waals surface area (Å²) in [6, 6.07) is 15.3. The summed E-state index contributed by atoms with van der Waals surface area (Å²) in [5.41, 5.74) is 3.90. The third-order valence-corrected chi connectivity index (χ3v) is 6.16. The summed E-state index contributed by atoms with van der Waals surface area (Å²) in [5.74, 6) is 8.20. The largest absolute Gasteiger partial charge is 0.388 e. The molecule has 0 spiro atoms. The van der Waals surface area contributed by atoms with Crippen molar-refractivity contribution in [2.75, 3.05) is 25.5 Å². The summed E-state index contributed by atoms with van der Waals surface area (Å²) in [6.45, 7) is 5.50. The maximum absolute atomic E-state index is 14.4. The van der Waals surface area contributed by atoms with Gasteiger partial charge >= 0.3 is 0 Å². The number of piperidine rings is 1. The van der Waals surface area contributed by atoms with E-state index in [0.29, 0.717) is 5.92 Å². The number of imidazole rings is 1. The van der Waals surface area contributed by atoms with Crippen LogP contribution in [0.2, 0.25) is 0 Å². The van der Waals surface area contributed by atoms with Gasteiger partial charge in [0.2, 0.25) is 6.41 Å². The summed E-state index contributed by atoms with van der Waals surface area (Å²) in [4.78, 5) is 16.9. The van der Waals surface area contributed by atoms with E-state index in [1.54, 1.807) is 23.5 Å². The molecule has 2 aromatic carbocycles. The van der Waals surface area contributed by atoms with Crippen LogP contribution in [0.1, 0.15) is 38.3 Å². The number of hydrogen-bond acceptors (Lipinski definition) is 5. The van der Waals surface area contributed by atoms with Crippen molar-refractivity contribution in [1.82, 2.24) is 14.5 Å². The van der Waals surface area contributed by atoms with Gasteiger partial charge in [0.15, 0.2) is 0 Å². The molecular formula is C27H37FN6O. The number of carbonyl (C=O) groups excluding carboxylic acids is 1. The molecule has 3 aromatic rings. The quantitative estimate of drug-likeness (QED) is 0.220. The number of halogens is 1. The number of rotatable bonds is 3.